The number of aryl methyl sites for hydroxylation is 1. The molecule has 1 saturated heterocycles. The zero-order chi connectivity index (χ0) is 24.2. The first-order valence-electron chi connectivity index (χ1n) is 11.0. The molecule has 3 heterocycles. The molecule has 1 fully saturated rings. The van der Waals surface area contributed by atoms with E-state index in [9.17, 15) is 14.7 Å². The van der Waals surface area contributed by atoms with Gasteiger partial charge in [-0.25, -0.2) is 4.98 Å². The summed E-state index contributed by atoms with van der Waals surface area (Å²) in [6.07, 6.45) is 3.94. The quantitative estimate of drug-likeness (QED) is 0.172. The number of pyridine rings is 1. The summed E-state index contributed by atoms with van der Waals surface area (Å²) in [7, 11) is 1.58. The first-order chi connectivity index (χ1) is 16.5. The van der Waals surface area contributed by atoms with E-state index in [1.165, 1.54) is 4.90 Å². The van der Waals surface area contributed by atoms with Crippen molar-refractivity contribution in [3.05, 3.63) is 83.8 Å². The molecule has 1 aliphatic heterocycles. The molecule has 4 rings (SSSR count). The van der Waals surface area contributed by atoms with E-state index in [2.05, 4.69) is 11.6 Å². The average Bonchev–Trinajstić information content (AvgIpc) is 3.31. The molecule has 1 unspecified atom stereocenters. The molecule has 3 aromatic rings. The van der Waals surface area contributed by atoms with Crippen LogP contribution >= 0.6 is 0 Å². The molecule has 0 radical (unpaired) electrons. The summed E-state index contributed by atoms with van der Waals surface area (Å²) in [4.78, 5) is 32.3. The summed E-state index contributed by atoms with van der Waals surface area (Å²) in [5.74, 6) is -1.08. The van der Waals surface area contributed by atoms with Crippen LogP contribution in [0.15, 0.2) is 66.9 Å². The number of rotatable bonds is 9. The van der Waals surface area contributed by atoms with E-state index in [4.69, 9.17) is 9.47 Å². The highest BCUT2D eigenvalue weighted by Gasteiger charge is 2.46. The monoisotopic (exact) mass is 461 g/mol. The van der Waals surface area contributed by atoms with E-state index >= 15 is 0 Å². The Bertz CT molecular complexity index is 1280. The number of nitrogens with zero attached hydrogens (tertiary/aromatic N) is 3. The number of benzene rings is 1. The molecule has 176 valence electrons. The van der Waals surface area contributed by atoms with Crippen molar-refractivity contribution >= 4 is 23.1 Å². The van der Waals surface area contributed by atoms with Crippen LogP contribution in [0.3, 0.4) is 0 Å². The molecule has 0 saturated carbocycles. The number of hydrogen-bond donors (Lipinski definition) is 1. The van der Waals surface area contributed by atoms with Crippen molar-refractivity contribution in [3.8, 4) is 5.75 Å². The Kier molecular flexibility index (Phi) is 6.79. The number of carbonyl (C=O) groups excluding carboxylic acids is 2. The molecule has 1 aliphatic rings. The Labute approximate surface area is 197 Å². The Morgan fingerprint density at radius 1 is 1.24 bits per heavy atom. The van der Waals surface area contributed by atoms with Gasteiger partial charge in [0.2, 0.25) is 0 Å². The normalized spacial score (nSPS) is 17.5. The van der Waals surface area contributed by atoms with Crippen molar-refractivity contribution < 1.29 is 24.2 Å². The van der Waals surface area contributed by atoms with Crippen LogP contribution in [0.1, 0.15) is 29.4 Å². The molecule has 2 aromatic heterocycles. The van der Waals surface area contributed by atoms with Gasteiger partial charge >= 0.3 is 0 Å². The van der Waals surface area contributed by atoms with Gasteiger partial charge in [-0.05, 0) is 43.2 Å². The fourth-order valence-electron chi connectivity index (χ4n) is 4.29. The second kappa shape index (κ2) is 9.93. The lowest BCUT2D eigenvalue weighted by atomic mass is 9.96. The average molecular weight is 462 g/mol. The topological polar surface area (TPSA) is 93.4 Å². The molecule has 0 spiro atoms. The highest BCUT2D eigenvalue weighted by atomic mass is 16.5. The molecule has 1 atom stereocenters. The molecular weight excluding hydrogens is 434 g/mol. The van der Waals surface area contributed by atoms with Crippen LogP contribution in [-0.2, 0) is 14.3 Å². The van der Waals surface area contributed by atoms with Crippen LogP contribution in [0, 0.1) is 6.92 Å². The van der Waals surface area contributed by atoms with Crippen LogP contribution in [0.4, 0.5) is 0 Å². The van der Waals surface area contributed by atoms with Crippen molar-refractivity contribution in [1.82, 2.24) is 14.3 Å². The Balaban J connectivity index is 1.88. The largest absolute Gasteiger partial charge is 0.505 e. The van der Waals surface area contributed by atoms with E-state index in [1.54, 1.807) is 48.9 Å². The number of ether oxygens (including phenoxy) is 2. The summed E-state index contributed by atoms with van der Waals surface area (Å²) < 4.78 is 12.5. The summed E-state index contributed by atoms with van der Waals surface area (Å²) in [5.41, 5.74) is 2.25. The number of amides is 1. The smallest absolute Gasteiger partial charge is 0.295 e. The third kappa shape index (κ3) is 4.20. The number of ketones is 1. The Hall–Kier alpha value is -3.91. The zero-order valence-electron chi connectivity index (χ0n) is 19.2. The van der Waals surface area contributed by atoms with Gasteiger partial charge in [-0.2, -0.15) is 0 Å². The molecule has 1 amide bonds. The summed E-state index contributed by atoms with van der Waals surface area (Å²) in [6.45, 7) is 6.47. The molecule has 8 heteroatoms. The number of hydrogen-bond acceptors (Lipinski definition) is 6. The number of carbonyl (C=O) groups is 2. The Morgan fingerprint density at radius 2 is 2.06 bits per heavy atom. The maximum Gasteiger partial charge on any atom is 0.295 e. The van der Waals surface area contributed by atoms with Gasteiger partial charge in [0.25, 0.3) is 11.7 Å². The van der Waals surface area contributed by atoms with Crippen molar-refractivity contribution in [2.24, 2.45) is 0 Å². The van der Waals surface area contributed by atoms with E-state index in [1.807, 2.05) is 24.3 Å². The van der Waals surface area contributed by atoms with Gasteiger partial charge < -0.3 is 19.5 Å². The predicted octanol–water partition coefficient (Wildman–Crippen LogP) is 3.67. The summed E-state index contributed by atoms with van der Waals surface area (Å²) in [5, 5.41) is 11.5. The SMILES string of the molecule is C=CCOc1cccc(C2C(=C(O)c3c(C)nc4ccccn34)C(=O)C(=O)N2CCCOC)c1. The van der Waals surface area contributed by atoms with Crippen LogP contribution < -0.4 is 4.74 Å². The molecule has 34 heavy (non-hydrogen) atoms. The number of aliphatic hydroxyl groups is 1. The lowest BCUT2D eigenvalue weighted by Gasteiger charge is -2.25. The molecule has 1 aromatic carbocycles. The number of likely N-dealkylation sites (tertiary alicyclic amines) is 1. The van der Waals surface area contributed by atoms with Gasteiger partial charge in [0, 0.05) is 26.5 Å². The molecule has 8 nitrogen and oxygen atoms in total. The minimum absolute atomic E-state index is 0.0250. The third-order valence-corrected chi connectivity index (χ3v) is 5.76. The zero-order valence-corrected chi connectivity index (χ0v) is 19.2. The van der Waals surface area contributed by atoms with Gasteiger partial charge in [0.05, 0.1) is 17.3 Å². The van der Waals surface area contributed by atoms with Gasteiger partial charge in [0.15, 0.2) is 5.76 Å². The highest BCUT2D eigenvalue weighted by Crippen LogP contribution is 2.40. The van der Waals surface area contributed by atoms with Crippen molar-refractivity contribution in [2.45, 2.75) is 19.4 Å². The molecule has 0 aliphatic carbocycles. The summed E-state index contributed by atoms with van der Waals surface area (Å²) >= 11 is 0. The van der Waals surface area contributed by atoms with E-state index in [0.717, 1.165) is 0 Å². The van der Waals surface area contributed by atoms with Crippen molar-refractivity contribution in [3.63, 3.8) is 0 Å². The second-order valence-electron chi connectivity index (χ2n) is 7.99. The van der Waals surface area contributed by atoms with Crippen LogP contribution in [-0.4, -0.2) is 57.9 Å². The number of aromatic nitrogens is 2. The van der Waals surface area contributed by atoms with E-state index in [0.29, 0.717) is 54.5 Å². The van der Waals surface area contributed by atoms with Gasteiger partial charge in [0.1, 0.15) is 23.7 Å². The fourth-order valence-corrected chi connectivity index (χ4v) is 4.29. The second-order valence-corrected chi connectivity index (χ2v) is 7.99. The minimum atomic E-state index is -0.780. The van der Waals surface area contributed by atoms with Crippen molar-refractivity contribution in [1.29, 1.82) is 0 Å². The van der Waals surface area contributed by atoms with Crippen LogP contribution in [0.5, 0.6) is 5.75 Å². The van der Waals surface area contributed by atoms with E-state index < -0.39 is 17.7 Å². The number of fused-ring (bicyclic) bond motifs is 1. The number of imidazole rings is 1. The highest BCUT2D eigenvalue weighted by molar-refractivity contribution is 6.46. The Morgan fingerprint density at radius 3 is 2.82 bits per heavy atom. The number of aliphatic hydroxyl groups excluding tert-OH is 1. The molecule has 1 N–H and O–H groups in total. The van der Waals surface area contributed by atoms with Crippen LogP contribution in [0.25, 0.3) is 11.4 Å². The summed E-state index contributed by atoms with van der Waals surface area (Å²) in [6, 6.07) is 11.9. The predicted molar refractivity (Wildman–Crippen MR) is 128 cm³/mol. The van der Waals surface area contributed by atoms with Crippen LogP contribution in [0.2, 0.25) is 0 Å². The molecule has 0 bridgehead atoms. The third-order valence-electron chi connectivity index (χ3n) is 5.76. The fraction of sp³-hybridized carbons (Fsp3) is 0.269. The maximum atomic E-state index is 13.3. The van der Waals surface area contributed by atoms with Crippen molar-refractivity contribution in [2.75, 3.05) is 26.9 Å². The first-order valence-corrected chi connectivity index (χ1v) is 11.0. The van der Waals surface area contributed by atoms with Gasteiger partial charge in [-0.15, -0.1) is 0 Å². The lowest BCUT2D eigenvalue weighted by Crippen LogP contribution is -2.31. The minimum Gasteiger partial charge on any atom is -0.505 e. The number of methoxy groups -OCH3 is 1. The van der Waals surface area contributed by atoms with Gasteiger partial charge in [-0.3, -0.25) is 14.0 Å². The maximum absolute atomic E-state index is 13.3. The number of Topliss-reactive ketones (excluding diaryl/α,β-unsaturated/α-hetero) is 1. The lowest BCUT2D eigenvalue weighted by molar-refractivity contribution is -0.140. The van der Waals surface area contributed by atoms with E-state index in [-0.39, 0.29) is 11.3 Å². The first kappa shape index (κ1) is 23.3. The molecular formula is C26H27N3O5. The van der Waals surface area contributed by atoms with Gasteiger partial charge in [-0.1, -0.05) is 30.9 Å². The standard InChI is InChI=1S/C26H27N3O5/c1-4-14-34-19-10-7-9-18(16-19)23-21(25(31)26(32)29(23)13-8-15-33-3)24(30)22-17(2)27-20-11-5-6-12-28(20)22/h4-7,9-12,16,23,30H,1,8,13-15H2,2-3H3.